The molecule has 104 valence electrons. The highest BCUT2D eigenvalue weighted by Gasteiger charge is 2.31. The zero-order chi connectivity index (χ0) is 13.0. The molecule has 18 heavy (non-hydrogen) atoms. The molecule has 1 aliphatic carbocycles. The van der Waals surface area contributed by atoms with Crippen LogP contribution in [-0.2, 0) is 9.53 Å². The number of hydrogen-bond donors (Lipinski definition) is 0. The van der Waals surface area contributed by atoms with Gasteiger partial charge in [0, 0.05) is 39.1 Å². The Hall–Kier alpha value is -0.410. The molecule has 3 nitrogen and oxygen atoms in total. The van der Waals surface area contributed by atoms with Gasteiger partial charge in [-0.3, -0.25) is 9.69 Å². The lowest BCUT2D eigenvalue weighted by Gasteiger charge is -2.30. The Labute approximate surface area is 111 Å². The normalized spacial score (nSPS) is 34.1. The molecule has 1 saturated heterocycles. The molecule has 0 amide bonds. The largest absolute Gasteiger partial charge is 0.380 e. The first-order valence-electron chi connectivity index (χ1n) is 7.50. The van der Waals surface area contributed by atoms with Crippen molar-refractivity contribution in [1.82, 2.24) is 4.90 Å². The standard InChI is InChI=1S/C15H27NO2/c1-3-4-12-5-6-15(17)13(9-12)10-16-8-7-14(11-16)18-2/h12-14H,3-11H2,1-2H3. The summed E-state index contributed by atoms with van der Waals surface area (Å²) in [5.74, 6) is 1.59. The summed E-state index contributed by atoms with van der Waals surface area (Å²) in [5, 5.41) is 0. The Kier molecular flexibility index (Phi) is 5.19. The van der Waals surface area contributed by atoms with Crippen LogP contribution in [0.5, 0.6) is 0 Å². The van der Waals surface area contributed by atoms with Crippen molar-refractivity contribution in [3.8, 4) is 0 Å². The molecule has 0 aromatic carbocycles. The fourth-order valence-corrected chi connectivity index (χ4v) is 3.52. The summed E-state index contributed by atoms with van der Waals surface area (Å²) in [6.07, 6.45) is 7.12. The smallest absolute Gasteiger partial charge is 0.137 e. The van der Waals surface area contributed by atoms with Crippen molar-refractivity contribution in [2.75, 3.05) is 26.7 Å². The number of nitrogens with zero attached hydrogens (tertiary/aromatic N) is 1. The summed E-state index contributed by atoms with van der Waals surface area (Å²) in [4.78, 5) is 14.4. The summed E-state index contributed by atoms with van der Waals surface area (Å²) in [5.41, 5.74) is 0. The van der Waals surface area contributed by atoms with E-state index in [2.05, 4.69) is 11.8 Å². The van der Waals surface area contributed by atoms with Crippen LogP contribution in [0.15, 0.2) is 0 Å². The predicted molar refractivity (Wildman–Crippen MR) is 72.6 cm³/mol. The average Bonchev–Trinajstić information content (AvgIpc) is 2.81. The van der Waals surface area contributed by atoms with E-state index in [0.717, 1.165) is 51.2 Å². The van der Waals surface area contributed by atoms with Crippen molar-refractivity contribution in [2.45, 2.75) is 51.6 Å². The van der Waals surface area contributed by atoms with E-state index >= 15 is 0 Å². The summed E-state index contributed by atoms with van der Waals surface area (Å²) >= 11 is 0. The van der Waals surface area contributed by atoms with Crippen molar-refractivity contribution in [3.63, 3.8) is 0 Å². The third-order valence-electron chi connectivity index (χ3n) is 4.61. The molecule has 1 heterocycles. The van der Waals surface area contributed by atoms with Crippen molar-refractivity contribution < 1.29 is 9.53 Å². The van der Waals surface area contributed by atoms with E-state index in [1.54, 1.807) is 7.11 Å². The highest BCUT2D eigenvalue weighted by atomic mass is 16.5. The number of rotatable bonds is 5. The maximum Gasteiger partial charge on any atom is 0.137 e. The molecule has 0 aromatic rings. The SMILES string of the molecule is CCCC1CCC(=O)C(CN2CCC(OC)C2)C1. The van der Waals surface area contributed by atoms with Crippen LogP contribution in [0.3, 0.4) is 0 Å². The second kappa shape index (κ2) is 6.67. The van der Waals surface area contributed by atoms with Crippen LogP contribution in [-0.4, -0.2) is 43.5 Å². The van der Waals surface area contributed by atoms with Gasteiger partial charge < -0.3 is 4.74 Å². The van der Waals surface area contributed by atoms with Crippen LogP contribution >= 0.6 is 0 Å². The van der Waals surface area contributed by atoms with Gasteiger partial charge in [0.1, 0.15) is 5.78 Å². The number of carbonyl (C=O) groups is 1. The van der Waals surface area contributed by atoms with E-state index in [0.29, 0.717) is 17.8 Å². The molecule has 2 rings (SSSR count). The molecule has 2 aliphatic rings. The third-order valence-corrected chi connectivity index (χ3v) is 4.61. The zero-order valence-corrected chi connectivity index (χ0v) is 11.9. The van der Waals surface area contributed by atoms with E-state index in [4.69, 9.17) is 4.74 Å². The van der Waals surface area contributed by atoms with E-state index in [1.807, 2.05) is 0 Å². The first kappa shape index (κ1) is 14.0. The summed E-state index contributed by atoms with van der Waals surface area (Å²) < 4.78 is 5.39. The van der Waals surface area contributed by atoms with Gasteiger partial charge in [0.15, 0.2) is 0 Å². The van der Waals surface area contributed by atoms with Gasteiger partial charge in [-0.25, -0.2) is 0 Å². The van der Waals surface area contributed by atoms with E-state index in [1.165, 1.54) is 12.8 Å². The van der Waals surface area contributed by atoms with Crippen molar-refractivity contribution in [1.29, 1.82) is 0 Å². The molecule has 0 N–H and O–H groups in total. The zero-order valence-electron chi connectivity index (χ0n) is 11.9. The second-order valence-electron chi connectivity index (χ2n) is 6.00. The predicted octanol–water partition coefficient (Wildman–Crippen LogP) is 2.49. The third kappa shape index (κ3) is 3.55. The average molecular weight is 253 g/mol. The molecule has 0 bridgehead atoms. The number of likely N-dealkylation sites (tertiary alicyclic amines) is 1. The van der Waals surface area contributed by atoms with Crippen LogP contribution in [0.1, 0.15) is 45.4 Å². The van der Waals surface area contributed by atoms with Gasteiger partial charge in [0.2, 0.25) is 0 Å². The molecule has 0 aromatic heterocycles. The van der Waals surface area contributed by atoms with Crippen LogP contribution in [0.2, 0.25) is 0 Å². The van der Waals surface area contributed by atoms with E-state index in [-0.39, 0.29) is 0 Å². The minimum Gasteiger partial charge on any atom is -0.380 e. The Morgan fingerprint density at radius 3 is 2.89 bits per heavy atom. The van der Waals surface area contributed by atoms with Crippen molar-refractivity contribution in [3.05, 3.63) is 0 Å². The quantitative estimate of drug-likeness (QED) is 0.754. The van der Waals surface area contributed by atoms with Crippen LogP contribution in [0.25, 0.3) is 0 Å². The molecule has 0 radical (unpaired) electrons. The van der Waals surface area contributed by atoms with E-state index in [9.17, 15) is 4.79 Å². The highest BCUT2D eigenvalue weighted by molar-refractivity contribution is 5.81. The van der Waals surface area contributed by atoms with Crippen LogP contribution < -0.4 is 0 Å². The molecule has 3 atom stereocenters. The maximum atomic E-state index is 12.0. The number of hydrogen-bond acceptors (Lipinski definition) is 3. The number of ketones is 1. The lowest BCUT2D eigenvalue weighted by atomic mass is 9.78. The van der Waals surface area contributed by atoms with Crippen molar-refractivity contribution >= 4 is 5.78 Å². The molecular formula is C15H27NO2. The fourth-order valence-electron chi connectivity index (χ4n) is 3.52. The summed E-state index contributed by atoms with van der Waals surface area (Å²) in [6.45, 7) is 5.33. The highest BCUT2D eigenvalue weighted by Crippen LogP contribution is 2.30. The Bertz CT molecular complexity index is 280. The van der Waals surface area contributed by atoms with Crippen LogP contribution in [0, 0.1) is 11.8 Å². The minimum atomic E-state index is 0.297. The summed E-state index contributed by atoms with van der Waals surface area (Å²) in [7, 11) is 1.79. The number of carbonyl (C=O) groups excluding carboxylic acids is 1. The summed E-state index contributed by atoms with van der Waals surface area (Å²) in [6, 6.07) is 0. The number of methoxy groups -OCH3 is 1. The van der Waals surface area contributed by atoms with Gasteiger partial charge in [-0.15, -0.1) is 0 Å². The molecule has 0 spiro atoms. The monoisotopic (exact) mass is 253 g/mol. The van der Waals surface area contributed by atoms with Gasteiger partial charge in [-0.2, -0.15) is 0 Å². The fraction of sp³-hybridized carbons (Fsp3) is 0.933. The lowest BCUT2D eigenvalue weighted by molar-refractivity contribution is -0.126. The first-order chi connectivity index (χ1) is 8.72. The molecule has 2 fully saturated rings. The number of ether oxygens (including phenoxy) is 1. The number of Topliss-reactive ketones (excluding diaryl/α,β-unsaturated/α-hetero) is 1. The maximum absolute atomic E-state index is 12.0. The first-order valence-corrected chi connectivity index (χ1v) is 7.50. The Morgan fingerprint density at radius 2 is 2.22 bits per heavy atom. The van der Waals surface area contributed by atoms with Gasteiger partial charge in [-0.1, -0.05) is 19.8 Å². The second-order valence-corrected chi connectivity index (χ2v) is 6.00. The lowest BCUT2D eigenvalue weighted by Crippen LogP contribution is -2.36. The molecule has 1 aliphatic heterocycles. The topological polar surface area (TPSA) is 29.5 Å². The molecule has 3 unspecified atom stereocenters. The molecule has 1 saturated carbocycles. The van der Waals surface area contributed by atoms with Gasteiger partial charge >= 0.3 is 0 Å². The van der Waals surface area contributed by atoms with Gasteiger partial charge in [-0.05, 0) is 25.2 Å². The van der Waals surface area contributed by atoms with E-state index < -0.39 is 0 Å². The van der Waals surface area contributed by atoms with Gasteiger partial charge in [0.05, 0.1) is 6.10 Å². The minimum absolute atomic E-state index is 0.297. The molecular weight excluding hydrogens is 226 g/mol. The Morgan fingerprint density at radius 1 is 1.39 bits per heavy atom. The van der Waals surface area contributed by atoms with Crippen molar-refractivity contribution in [2.24, 2.45) is 11.8 Å². The molecule has 3 heteroatoms. The Balaban J connectivity index is 1.81. The van der Waals surface area contributed by atoms with Gasteiger partial charge in [0.25, 0.3) is 0 Å². The van der Waals surface area contributed by atoms with Crippen LogP contribution in [0.4, 0.5) is 0 Å².